The Labute approximate surface area is 149 Å². The molecule has 0 aliphatic carbocycles. The third-order valence-electron chi connectivity index (χ3n) is 4.54. The largest absolute Gasteiger partial charge is 0.492 e. The molecule has 4 nitrogen and oxygen atoms in total. The van der Waals surface area contributed by atoms with Gasteiger partial charge in [0.1, 0.15) is 23.7 Å². The zero-order valence-corrected chi connectivity index (χ0v) is 14.8. The molecule has 1 aliphatic heterocycles. The van der Waals surface area contributed by atoms with Gasteiger partial charge in [0, 0.05) is 37.3 Å². The lowest BCUT2D eigenvalue weighted by atomic mass is 10.1. The molecule has 2 aromatic rings. The van der Waals surface area contributed by atoms with Gasteiger partial charge in [0.2, 0.25) is 0 Å². The Morgan fingerprint density at radius 2 is 2.04 bits per heavy atom. The Hall–Kier alpha value is -2.46. The lowest BCUT2D eigenvalue weighted by Crippen LogP contribution is -2.37. The molecule has 25 heavy (non-hydrogen) atoms. The quantitative estimate of drug-likeness (QED) is 0.780. The summed E-state index contributed by atoms with van der Waals surface area (Å²) < 4.78 is 12.1. The Kier molecular flexibility index (Phi) is 5.29. The van der Waals surface area contributed by atoms with Crippen LogP contribution in [0.25, 0.3) is 6.08 Å². The highest BCUT2D eigenvalue weighted by Gasteiger charge is 2.36. The summed E-state index contributed by atoms with van der Waals surface area (Å²) in [5.41, 5.74) is 7.29. The van der Waals surface area contributed by atoms with E-state index in [0.717, 1.165) is 48.8 Å². The molecular weight excluding hydrogens is 312 g/mol. The van der Waals surface area contributed by atoms with Crippen molar-refractivity contribution < 1.29 is 9.47 Å². The summed E-state index contributed by atoms with van der Waals surface area (Å²) in [7, 11) is 0. The van der Waals surface area contributed by atoms with E-state index in [4.69, 9.17) is 15.2 Å². The van der Waals surface area contributed by atoms with Gasteiger partial charge >= 0.3 is 0 Å². The third-order valence-corrected chi connectivity index (χ3v) is 4.54. The number of hydrogen-bond acceptors (Lipinski definition) is 4. The van der Waals surface area contributed by atoms with Gasteiger partial charge in [-0.1, -0.05) is 30.9 Å². The van der Waals surface area contributed by atoms with Crippen molar-refractivity contribution in [3.63, 3.8) is 0 Å². The van der Waals surface area contributed by atoms with Crippen molar-refractivity contribution in [1.82, 2.24) is 4.90 Å². The molecule has 2 aromatic carbocycles. The molecule has 132 valence electrons. The van der Waals surface area contributed by atoms with Crippen molar-refractivity contribution in [2.75, 3.05) is 32.0 Å². The molecule has 4 heteroatoms. The molecule has 1 unspecified atom stereocenters. The van der Waals surface area contributed by atoms with Crippen molar-refractivity contribution >= 4 is 11.8 Å². The summed E-state index contributed by atoms with van der Waals surface area (Å²) in [4.78, 5) is 2.38. The molecule has 0 saturated carbocycles. The number of nitrogens with two attached hydrogens (primary N) is 1. The summed E-state index contributed by atoms with van der Waals surface area (Å²) in [6.45, 7) is 9.47. The van der Waals surface area contributed by atoms with E-state index in [1.807, 2.05) is 48.5 Å². The van der Waals surface area contributed by atoms with Gasteiger partial charge in [-0.3, -0.25) is 4.90 Å². The molecule has 1 fully saturated rings. The van der Waals surface area contributed by atoms with Gasteiger partial charge in [-0.25, -0.2) is 0 Å². The van der Waals surface area contributed by atoms with E-state index < -0.39 is 0 Å². The van der Waals surface area contributed by atoms with Crippen molar-refractivity contribution in [3.05, 3.63) is 60.7 Å². The van der Waals surface area contributed by atoms with Crippen LogP contribution in [-0.2, 0) is 0 Å². The van der Waals surface area contributed by atoms with Gasteiger partial charge in [0.15, 0.2) is 0 Å². The highest BCUT2D eigenvalue weighted by Crippen LogP contribution is 2.31. The molecule has 0 amide bonds. The minimum absolute atomic E-state index is 0.208. The summed E-state index contributed by atoms with van der Waals surface area (Å²) in [5, 5.41) is 0. The second-order valence-corrected chi connectivity index (χ2v) is 6.74. The molecule has 2 N–H and O–H groups in total. The first-order chi connectivity index (χ1) is 12.1. The van der Waals surface area contributed by atoms with Crippen LogP contribution in [0.1, 0.15) is 18.9 Å². The predicted octanol–water partition coefficient (Wildman–Crippen LogP) is 3.83. The average molecular weight is 338 g/mol. The van der Waals surface area contributed by atoms with Gasteiger partial charge in [-0.15, -0.1) is 0 Å². The van der Waals surface area contributed by atoms with Crippen molar-refractivity contribution in [2.45, 2.75) is 18.9 Å². The third kappa shape index (κ3) is 4.54. The molecular formula is C21H26N2O2. The van der Waals surface area contributed by atoms with Crippen LogP contribution in [0, 0.1) is 0 Å². The summed E-state index contributed by atoms with van der Waals surface area (Å²) in [5.74, 6) is 1.76. The fourth-order valence-corrected chi connectivity index (χ4v) is 3.19. The van der Waals surface area contributed by atoms with Crippen LogP contribution in [0.15, 0.2) is 55.1 Å². The Bertz CT molecular complexity index is 717. The Morgan fingerprint density at radius 1 is 1.24 bits per heavy atom. The minimum Gasteiger partial charge on any atom is -0.492 e. The number of ether oxygens (including phenoxy) is 2. The normalized spacial score (nSPS) is 20.4. The first-order valence-corrected chi connectivity index (χ1v) is 8.69. The van der Waals surface area contributed by atoms with Crippen LogP contribution < -0.4 is 15.2 Å². The van der Waals surface area contributed by atoms with Crippen molar-refractivity contribution in [2.24, 2.45) is 0 Å². The van der Waals surface area contributed by atoms with Gasteiger partial charge in [0.05, 0.1) is 0 Å². The van der Waals surface area contributed by atoms with Crippen LogP contribution in [0.4, 0.5) is 5.69 Å². The molecule has 1 aliphatic rings. The highest BCUT2D eigenvalue weighted by atomic mass is 16.5. The molecule has 1 heterocycles. The van der Waals surface area contributed by atoms with E-state index in [1.165, 1.54) is 0 Å². The second kappa shape index (κ2) is 7.62. The monoisotopic (exact) mass is 338 g/mol. The molecule has 0 spiro atoms. The maximum Gasteiger partial charge on any atom is 0.127 e. The number of nitrogen functional groups attached to an aromatic ring is 1. The lowest BCUT2D eigenvalue weighted by molar-refractivity contribution is 0.0932. The standard InChI is InChI=1S/C21H26N2O2/c1-3-17-15-18(22)9-10-20(17)25-21(2)11-12-23(16-21)13-14-24-19-7-5-4-6-8-19/h3-10,15H,1,11-14,16,22H2,2H3. The maximum atomic E-state index is 6.33. The molecule has 1 atom stereocenters. The van der Waals surface area contributed by atoms with Crippen molar-refractivity contribution in [3.8, 4) is 11.5 Å². The topological polar surface area (TPSA) is 47.7 Å². The maximum absolute atomic E-state index is 6.33. The number of anilines is 1. The number of likely N-dealkylation sites (tertiary alicyclic amines) is 1. The summed E-state index contributed by atoms with van der Waals surface area (Å²) >= 11 is 0. The zero-order valence-electron chi connectivity index (χ0n) is 14.8. The van der Waals surface area contributed by atoms with Gasteiger partial charge < -0.3 is 15.2 Å². The summed E-state index contributed by atoms with van der Waals surface area (Å²) in [6.07, 6.45) is 2.77. The van der Waals surface area contributed by atoms with Gasteiger partial charge in [-0.05, 0) is 37.3 Å². The fourth-order valence-electron chi connectivity index (χ4n) is 3.19. The first kappa shape index (κ1) is 17.4. The molecule has 0 aromatic heterocycles. The average Bonchev–Trinajstić information content (AvgIpc) is 2.98. The van der Waals surface area contributed by atoms with Crippen LogP contribution in [0.5, 0.6) is 11.5 Å². The van der Waals surface area contributed by atoms with Gasteiger partial charge in [0.25, 0.3) is 0 Å². The zero-order chi connectivity index (χ0) is 17.7. The van der Waals surface area contributed by atoms with E-state index in [-0.39, 0.29) is 5.60 Å². The van der Waals surface area contributed by atoms with Crippen molar-refractivity contribution in [1.29, 1.82) is 0 Å². The van der Waals surface area contributed by atoms with E-state index in [9.17, 15) is 0 Å². The lowest BCUT2D eigenvalue weighted by Gasteiger charge is -2.27. The molecule has 0 bridgehead atoms. The highest BCUT2D eigenvalue weighted by molar-refractivity contribution is 5.61. The minimum atomic E-state index is -0.208. The number of nitrogens with zero attached hydrogens (tertiary/aromatic N) is 1. The smallest absolute Gasteiger partial charge is 0.127 e. The van der Waals surface area contributed by atoms with Crippen LogP contribution in [0.3, 0.4) is 0 Å². The molecule has 1 saturated heterocycles. The summed E-state index contributed by atoms with van der Waals surface area (Å²) in [6, 6.07) is 15.6. The second-order valence-electron chi connectivity index (χ2n) is 6.74. The molecule has 0 radical (unpaired) electrons. The first-order valence-electron chi connectivity index (χ1n) is 8.69. The van der Waals surface area contributed by atoms with E-state index >= 15 is 0 Å². The predicted molar refractivity (Wildman–Crippen MR) is 103 cm³/mol. The van der Waals surface area contributed by atoms with Crippen LogP contribution in [0.2, 0.25) is 0 Å². The van der Waals surface area contributed by atoms with Gasteiger partial charge in [-0.2, -0.15) is 0 Å². The Balaban J connectivity index is 1.53. The number of benzene rings is 2. The number of para-hydroxylation sites is 1. The van der Waals surface area contributed by atoms with E-state index in [1.54, 1.807) is 6.08 Å². The Morgan fingerprint density at radius 3 is 2.80 bits per heavy atom. The number of hydrogen-bond donors (Lipinski definition) is 1. The fraction of sp³-hybridized carbons (Fsp3) is 0.333. The van der Waals surface area contributed by atoms with Crippen LogP contribution in [-0.4, -0.2) is 36.7 Å². The van der Waals surface area contributed by atoms with E-state index in [0.29, 0.717) is 6.61 Å². The van der Waals surface area contributed by atoms with E-state index in [2.05, 4.69) is 18.4 Å². The SMILES string of the molecule is C=Cc1cc(N)ccc1OC1(C)CCN(CCOc2ccccc2)C1. The number of rotatable bonds is 7. The van der Waals surface area contributed by atoms with Crippen LogP contribution >= 0.6 is 0 Å². The molecule has 3 rings (SSSR count).